The van der Waals surface area contributed by atoms with Crippen LogP contribution in [0.2, 0.25) is 0 Å². The summed E-state index contributed by atoms with van der Waals surface area (Å²) < 4.78 is 2.78. The predicted molar refractivity (Wildman–Crippen MR) is 35.3 cm³/mol. The summed E-state index contributed by atoms with van der Waals surface area (Å²) >= 11 is 1.09. The van der Waals surface area contributed by atoms with E-state index < -0.39 is 0 Å². The number of nitrogens with two attached hydrogens (primary N) is 1. The molecule has 0 saturated carbocycles. The highest BCUT2D eigenvalue weighted by Crippen LogP contribution is 1.90. The number of nitrogens with one attached hydrogen (secondary N) is 1. The second-order valence-electron chi connectivity index (χ2n) is 1.28. The molecule has 0 radical (unpaired) electrons. The summed E-state index contributed by atoms with van der Waals surface area (Å²) in [5.41, 5.74) is 5.13. The molecule has 0 aromatic heterocycles. The van der Waals surface area contributed by atoms with Crippen molar-refractivity contribution < 1.29 is 4.79 Å². The first-order valence-corrected chi connectivity index (χ1v) is 3.19. The fraction of sp³-hybridized carbons (Fsp3) is 0.750. The minimum atomic E-state index is 0.0680. The zero-order valence-electron chi connectivity index (χ0n) is 4.81. The van der Waals surface area contributed by atoms with E-state index >= 15 is 0 Å². The van der Waals surface area contributed by atoms with Crippen molar-refractivity contribution in [1.82, 2.24) is 4.72 Å². The van der Waals surface area contributed by atoms with Gasteiger partial charge in [0.05, 0.1) is 0 Å². The van der Waals surface area contributed by atoms with Crippen LogP contribution in [-0.2, 0) is 4.79 Å². The standard InChI is InChI=1S/C4H10N2OS/c1-4(7)8-6-3-2-5/h6H,2-3,5H2,1H3. The zero-order valence-corrected chi connectivity index (χ0v) is 5.62. The molecule has 48 valence electrons. The number of hydrogen-bond donors (Lipinski definition) is 2. The van der Waals surface area contributed by atoms with Crippen LogP contribution in [-0.4, -0.2) is 18.2 Å². The molecule has 0 amide bonds. The molecule has 0 bridgehead atoms. The van der Waals surface area contributed by atoms with Gasteiger partial charge >= 0.3 is 0 Å². The maximum absolute atomic E-state index is 10.2. The van der Waals surface area contributed by atoms with E-state index in [0.29, 0.717) is 13.1 Å². The van der Waals surface area contributed by atoms with Gasteiger partial charge in [-0.1, -0.05) is 0 Å². The molecule has 0 aliphatic heterocycles. The van der Waals surface area contributed by atoms with E-state index in [-0.39, 0.29) is 5.12 Å². The second-order valence-corrected chi connectivity index (χ2v) is 2.34. The SMILES string of the molecule is CC(=O)SNCCN. The van der Waals surface area contributed by atoms with Crippen molar-refractivity contribution in [2.45, 2.75) is 6.92 Å². The Morgan fingerprint density at radius 3 is 2.88 bits per heavy atom. The van der Waals surface area contributed by atoms with Crippen LogP contribution < -0.4 is 10.5 Å². The van der Waals surface area contributed by atoms with Crippen LogP contribution in [0.5, 0.6) is 0 Å². The highest BCUT2D eigenvalue weighted by molar-refractivity contribution is 8.11. The van der Waals surface area contributed by atoms with E-state index in [1.165, 1.54) is 6.92 Å². The molecule has 0 unspecified atom stereocenters. The third-order valence-corrected chi connectivity index (χ3v) is 1.10. The number of carbonyl (C=O) groups is 1. The molecule has 0 rings (SSSR count). The Bertz CT molecular complexity index is 76.4. The van der Waals surface area contributed by atoms with Crippen molar-refractivity contribution in [3.05, 3.63) is 0 Å². The topological polar surface area (TPSA) is 55.1 Å². The largest absolute Gasteiger partial charge is 0.329 e. The van der Waals surface area contributed by atoms with E-state index in [4.69, 9.17) is 5.73 Å². The fourth-order valence-electron chi connectivity index (χ4n) is 0.212. The molecule has 3 nitrogen and oxygen atoms in total. The average molecular weight is 134 g/mol. The number of hydrogen-bond acceptors (Lipinski definition) is 4. The van der Waals surface area contributed by atoms with E-state index in [0.717, 1.165) is 11.9 Å². The lowest BCUT2D eigenvalue weighted by molar-refractivity contribution is -0.109. The van der Waals surface area contributed by atoms with Crippen LogP contribution in [0.4, 0.5) is 0 Å². The van der Waals surface area contributed by atoms with Gasteiger partial charge in [-0.2, -0.15) is 0 Å². The highest BCUT2D eigenvalue weighted by Gasteiger charge is 1.88. The van der Waals surface area contributed by atoms with Crippen LogP contribution in [0.3, 0.4) is 0 Å². The average Bonchev–Trinajstić information content (AvgIpc) is 1.66. The molecule has 0 atom stereocenters. The van der Waals surface area contributed by atoms with E-state index in [1.54, 1.807) is 0 Å². The van der Waals surface area contributed by atoms with Crippen LogP contribution in [0.15, 0.2) is 0 Å². The molecule has 0 aliphatic rings. The summed E-state index contributed by atoms with van der Waals surface area (Å²) in [6, 6.07) is 0. The minimum absolute atomic E-state index is 0.0680. The van der Waals surface area contributed by atoms with Gasteiger partial charge in [0.25, 0.3) is 0 Å². The maximum atomic E-state index is 10.2. The smallest absolute Gasteiger partial charge is 0.200 e. The van der Waals surface area contributed by atoms with E-state index in [9.17, 15) is 4.79 Å². The van der Waals surface area contributed by atoms with Crippen LogP contribution in [0.1, 0.15) is 6.92 Å². The summed E-state index contributed by atoms with van der Waals surface area (Å²) in [4.78, 5) is 10.2. The number of carbonyl (C=O) groups excluding carboxylic acids is 1. The summed E-state index contributed by atoms with van der Waals surface area (Å²) in [6.07, 6.45) is 0. The highest BCUT2D eigenvalue weighted by atomic mass is 32.2. The lowest BCUT2D eigenvalue weighted by atomic mass is 10.7. The van der Waals surface area contributed by atoms with E-state index in [2.05, 4.69) is 4.72 Å². The Morgan fingerprint density at radius 2 is 2.50 bits per heavy atom. The number of rotatable bonds is 3. The van der Waals surface area contributed by atoms with Gasteiger partial charge in [-0.15, -0.1) is 0 Å². The molecule has 8 heavy (non-hydrogen) atoms. The Hall–Kier alpha value is -0.0600. The van der Waals surface area contributed by atoms with Gasteiger partial charge in [0, 0.05) is 20.0 Å². The normalized spacial score (nSPS) is 9.25. The first-order valence-electron chi connectivity index (χ1n) is 2.37. The minimum Gasteiger partial charge on any atom is -0.329 e. The predicted octanol–water partition coefficient (Wildman–Crippen LogP) is -0.271. The molecular formula is C4H10N2OS. The van der Waals surface area contributed by atoms with E-state index in [1.807, 2.05) is 0 Å². The molecule has 0 spiro atoms. The van der Waals surface area contributed by atoms with Crippen molar-refractivity contribution >= 4 is 17.1 Å². The van der Waals surface area contributed by atoms with Crippen LogP contribution >= 0.6 is 11.9 Å². The molecule has 0 aliphatic carbocycles. The fourth-order valence-corrected chi connectivity index (χ4v) is 0.635. The van der Waals surface area contributed by atoms with Gasteiger partial charge in [0.1, 0.15) is 0 Å². The van der Waals surface area contributed by atoms with Crippen molar-refractivity contribution in [2.24, 2.45) is 5.73 Å². The van der Waals surface area contributed by atoms with Crippen molar-refractivity contribution in [3.8, 4) is 0 Å². The van der Waals surface area contributed by atoms with Crippen molar-refractivity contribution in [1.29, 1.82) is 0 Å². The van der Waals surface area contributed by atoms with Crippen molar-refractivity contribution in [3.63, 3.8) is 0 Å². The summed E-state index contributed by atoms with van der Waals surface area (Å²) in [7, 11) is 0. The second kappa shape index (κ2) is 5.08. The molecular weight excluding hydrogens is 124 g/mol. The Labute approximate surface area is 53.1 Å². The Balaban J connectivity index is 2.82. The quantitative estimate of drug-likeness (QED) is 0.412. The van der Waals surface area contributed by atoms with Gasteiger partial charge in [-0.05, 0) is 11.9 Å². The summed E-state index contributed by atoms with van der Waals surface area (Å²) in [5.74, 6) is 0. The first-order chi connectivity index (χ1) is 3.77. The third kappa shape index (κ3) is 5.94. The molecule has 4 heteroatoms. The van der Waals surface area contributed by atoms with Gasteiger partial charge in [-0.3, -0.25) is 9.52 Å². The molecule has 3 N–H and O–H groups in total. The molecule has 0 aromatic carbocycles. The molecule has 0 saturated heterocycles. The maximum Gasteiger partial charge on any atom is 0.200 e. The lowest BCUT2D eigenvalue weighted by Gasteiger charge is -1.94. The van der Waals surface area contributed by atoms with Crippen molar-refractivity contribution in [2.75, 3.05) is 13.1 Å². The molecule has 0 fully saturated rings. The molecule has 0 aromatic rings. The van der Waals surface area contributed by atoms with Gasteiger partial charge < -0.3 is 5.73 Å². The third-order valence-electron chi connectivity index (χ3n) is 0.462. The summed E-state index contributed by atoms with van der Waals surface area (Å²) in [6.45, 7) is 2.76. The lowest BCUT2D eigenvalue weighted by Crippen LogP contribution is -2.17. The summed E-state index contributed by atoms with van der Waals surface area (Å²) in [5, 5.41) is 0.0680. The van der Waals surface area contributed by atoms with Crippen LogP contribution in [0.25, 0.3) is 0 Å². The monoisotopic (exact) mass is 134 g/mol. The van der Waals surface area contributed by atoms with Gasteiger partial charge in [-0.25, -0.2) is 0 Å². The van der Waals surface area contributed by atoms with Crippen LogP contribution in [0, 0.1) is 0 Å². The Kier molecular flexibility index (Phi) is 5.05. The first kappa shape index (κ1) is 7.94. The van der Waals surface area contributed by atoms with Gasteiger partial charge in [0.15, 0.2) is 0 Å². The molecule has 0 heterocycles. The Morgan fingerprint density at radius 1 is 1.88 bits per heavy atom. The zero-order chi connectivity index (χ0) is 6.41. The van der Waals surface area contributed by atoms with Gasteiger partial charge in [0.2, 0.25) is 5.12 Å².